The number of anilines is 2. The number of carbonyl (C=O) groups excluding carboxylic acids is 2. The van der Waals surface area contributed by atoms with Crippen LogP contribution in [0.2, 0.25) is 10.0 Å². The van der Waals surface area contributed by atoms with Gasteiger partial charge in [0.2, 0.25) is 0 Å². The largest absolute Gasteiger partial charge is 0.419 e. The quantitative estimate of drug-likeness (QED) is 0.448. The molecule has 25 heavy (non-hydrogen) atoms. The molecule has 1 aromatic rings. The van der Waals surface area contributed by atoms with Crippen LogP contribution in [0.25, 0.3) is 0 Å². The van der Waals surface area contributed by atoms with Crippen LogP contribution < -0.4 is 10.6 Å². The van der Waals surface area contributed by atoms with Crippen LogP contribution >= 0.6 is 23.2 Å². The lowest BCUT2D eigenvalue weighted by molar-refractivity contribution is -0.222. The molecule has 0 amide bonds. The van der Waals surface area contributed by atoms with Crippen molar-refractivity contribution in [1.82, 2.24) is 0 Å². The number of carbonyl (C=O) groups is 2. The van der Waals surface area contributed by atoms with Gasteiger partial charge in [-0.25, -0.2) is 9.59 Å². The fourth-order valence-electron chi connectivity index (χ4n) is 2.05. The molecule has 0 aliphatic carbocycles. The topological polar surface area (TPSA) is 76.7 Å². The molecule has 0 unspecified atom stereocenters. The zero-order chi connectivity index (χ0) is 18.8. The van der Waals surface area contributed by atoms with E-state index >= 15 is 0 Å². The molecule has 0 saturated carbocycles. The van der Waals surface area contributed by atoms with E-state index in [1.807, 2.05) is 0 Å². The number of hydrogen-bond acceptors (Lipinski definition) is 6. The van der Waals surface area contributed by atoms with Crippen LogP contribution in [-0.4, -0.2) is 24.3 Å². The van der Waals surface area contributed by atoms with E-state index in [1.165, 1.54) is 20.0 Å². The van der Waals surface area contributed by atoms with Crippen molar-refractivity contribution in [3.8, 4) is 0 Å². The minimum atomic E-state index is -1.28. The number of nitrogens with one attached hydrogen (secondary N) is 2. The van der Waals surface area contributed by atoms with Crippen molar-refractivity contribution >= 4 is 46.5 Å². The minimum absolute atomic E-state index is 0.236. The molecule has 136 valence electrons. The van der Waals surface area contributed by atoms with Gasteiger partial charge in [0.15, 0.2) is 5.57 Å². The van der Waals surface area contributed by atoms with E-state index in [-0.39, 0.29) is 5.57 Å². The van der Waals surface area contributed by atoms with Crippen molar-refractivity contribution in [2.45, 2.75) is 33.5 Å². The maximum Gasteiger partial charge on any atom is 0.350 e. The molecule has 1 heterocycles. The van der Waals surface area contributed by atoms with E-state index in [0.29, 0.717) is 33.9 Å². The second-order valence-corrected chi connectivity index (χ2v) is 7.28. The van der Waals surface area contributed by atoms with E-state index in [1.54, 1.807) is 12.1 Å². The van der Waals surface area contributed by atoms with Crippen LogP contribution in [0.4, 0.5) is 11.4 Å². The number of rotatable bonds is 5. The average molecular weight is 387 g/mol. The Kier molecular flexibility index (Phi) is 5.85. The van der Waals surface area contributed by atoms with E-state index < -0.39 is 17.7 Å². The van der Waals surface area contributed by atoms with Gasteiger partial charge in [0, 0.05) is 26.6 Å². The Morgan fingerprint density at radius 3 is 2.12 bits per heavy atom. The fourth-order valence-corrected chi connectivity index (χ4v) is 2.38. The predicted octanol–water partition coefficient (Wildman–Crippen LogP) is 4.19. The highest BCUT2D eigenvalue weighted by molar-refractivity contribution is 6.42. The normalized spacial score (nSPS) is 16.4. The Hall–Kier alpha value is -1.92. The molecule has 1 aliphatic heterocycles. The summed E-state index contributed by atoms with van der Waals surface area (Å²) in [6.45, 7) is 7.81. The Morgan fingerprint density at radius 2 is 1.60 bits per heavy atom. The van der Waals surface area contributed by atoms with E-state index in [9.17, 15) is 9.59 Å². The van der Waals surface area contributed by atoms with Crippen molar-refractivity contribution in [2.24, 2.45) is 5.92 Å². The third-order valence-corrected chi connectivity index (χ3v) is 3.97. The summed E-state index contributed by atoms with van der Waals surface area (Å²) in [6, 6.07) is 3.28. The number of hydrogen-bond donors (Lipinski definition) is 2. The highest BCUT2D eigenvalue weighted by atomic mass is 35.5. The van der Waals surface area contributed by atoms with Crippen LogP contribution in [-0.2, 0) is 19.1 Å². The standard InChI is InChI=1S/C17H20Cl2N2O4/c1-9(2)7-20-13-5-11(18)12(19)6-14(13)21-8-10-15(22)24-17(3,4)25-16(10)23/h5-6,8-9,20-21H,7H2,1-4H3. The van der Waals surface area contributed by atoms with Gasteiger partial charge in [0.25, 0.3) is 5.79 Å². The molecular weight excluding hydrogens is 367 g/mol. The highest BCUT2D eigenvalue weighted by Gasteiger charge is 2.38. The molecule has 6 nitrogen and oxygen atoms in total. The Balaban J connectivity index is 2.25. The SMILES string of the molecule is CC(C)CNc1cc(Cl)c(Cl)cc1NC=C1C(=O)OC(C)(C)OC1=O. The van der Waals surface area contributed by atoms with Gasteiger partial charge in [-0.1, -0.05) is 37.0 Å². The van der Waals surface area contributed by atoms with Crippen LogP contribution in [0.3, 0.4) is 0 Å². The number of esters is 2. The van der Waals surface area contributed by atoms with Gasteiger partial charge in [-0.05, 0) is 18.1 Å². The Labute approximate surface area is 156 Å². The average Bonchev–Trinajstić information content (AvgIpc) is 2.46. The molecule has 0 aromatic heterocycles. The monoisotopic (exact) mass is 386 g/mol. The van der Waals surface area contributed by atoms with Crippen molar-refractivity contribution < 1.29 is 19.1 Å². The second kappa shape index (κ2) is 7.54. The van der Waals surface area contributed by atoms with Gasteiger partial charge in [0.1, 0.15) is 0 Å². The maximum atomic E-state index is 12.0. The molecule has 8 heteroatoms. The maximum absolute atomic E-state index is 12.0. The van der Waals surface area contributed by atoms with Crippen molar-refractivity contribution in [1.29, 1.82) is 0 Å². The van der Waals surface area contributed by atoms with E-state index in [4.69, 9.17) is 32.7 Å². The first-order chi connectivity index (χ1) is 11.6. The summed E-state index contributed by atoms with van der Waals surface area (Å²) in [5.74, 6) is -2.39. The molecular formula is C17H20Cl2N2O4. The minimum Gasteiger partial charge on any atom is -0.419 e. The van der Waals surface area contributed by atoms with Crippen molar-refractivity contribution in [2.75, 3.05) is 17.2 Å². The molecule has 2 N–H and O–H groups in total. The lowest BCUT2D eigenvalue weighted by atomic mass is 10.2. The van der Waals surface area contributed by atoms with Crippen LogP contribution in [0, 0.1) is 5.92 Å². The van der Waals surface area contributed by atoms with Gasteiger partial charge in [-0.3, -0.25) is 0 Å². The third-order valence-electron chi connectivity index (χ3n) is 3.25. The number of cyclic esters (lactones) is 2. The summed E-state index contributed by atoms with van der Waals surface area (Å²) in [5, 5.41) is 6.86. The number of benzene rings is 1. The Morgan fingerprint density at radius 1 is 1.08 bits per heavy atom. The first-order valence-corrected chi connectivity index (χ1v) is 8.51. The molecule has 0 atom stereocenters. The molecule has 0 spiro atoms. The van der Waals surface area contributed by atoms with Gasteiger partial charge >= 0.3 is 11.9 Å². The predicted molar refractivity (Wildman–Crippen MR) is 97.8 cm³/mol. The number of ether oxygens (including phenoxy) is 2. The van der Waals surface area contributed by atoms with Crippen LogP contribution in [0.15, 0.2) is 23.9 Å². The smallest absolute Gasteiger partial charge is 0.350 e. The lowest BCUT2D eigenvalue weighted by Gasteiger charge is -2.29. The zero-order valence-electron chi connectivity index (χ0n) is 14.4. The summed E-state index contributed by atoms with van der Waals surface area (Å²) in [6.07, 6.45) is 1.24. The molecule has 0 radical (unpaired) electrons. The van der Waals surface area contributed by atoms with E-state index in [0.717, 1.165) is 0 Å². The highest BCUT2D eigenvalue weighted by Crippen LogP contribution is 2.33. The first kappa shape index (κ1) is 19.4. The lowest BCUT2D eigenvalue weighted by Crippen LogP contribution is -2.42. The summed E-state index contributed by atoms with van der Waals surface area (Å²) in [5.41, 5.74) is 1.02. The van der Waals surface area contributed by atoms with Gasteiger partial charge in [0.05, 0.1) is 21.4 Å². The summed E-state index contributed by atoms with van der Waals surface area (Å²) in [4.78, 5) is 23.9. The van der Waals surface area contributed by atoms with Crippen molar-refractivity contribution in [3.05, 3.63) is 34.0 Å². The molecule has 1 aromatic carbocycles. The summed E-state index contributed by atoms with van der Waals surface area (Å²) >= 11 is 12.1. The van der Waals surface area contributed by atoms with Crippen molar-refractivity contribution in [3.63, 3.8) is 0 Å². The van der Waals surface area contributed by atoms with Gasteiger partial charge < -0.3 is 20.1 Å². The van der Waals surface area contributed by atoms with Crippen LogP contribution in [0.1, 0.15) is 27.7 Å². The van der Waals surface area contributed by atoms with Gasteiger partial charge in [-0.2, -0.15) is 0 Å². The molecule has 1 aliphatic rings. The first-order valence-electron chi connectivity index (χ1n) is 7.75. The zero-order valence-corrected chi connectivity index (χ0v) is 15.9. The summed E-state index contributed by atoms with van der Waals surface area (Å²) < 4.78 is 10.1. The van der Waals surface area contributed by atoms with Crippen LogP contribution in [0.5, 0.6) is 0 Å². The second-order valence-electron chi connectivity index (χ2n) is 6.47. The number of halogens is 2. The third kappa shape index (κ3) is 5.03. The molecule has 1 saturated heterocycles. The summed E-state index contributed by atoms with van der Waals surface area (Å²) in [7, 11) is 0. The van der Waals surface area contributed by atoms with E-state index in [2.05, 4.69) is 24.5 Å². The Bertz CT molecular complexity index is 708. The molecule has 2 rings (SSSR count). The fraction of sp³-hybridized carbons (Fsp3) is 0.412. The molecule has 1 fully saturated rings. The van der Waals surface area contributed by atoms with Gasteiger partial charge in [-0.15, -0.1) is 0 Å². The molecule has 0 bridgehead atoms.